The minimum Gasteiger partial charge on any atom is -0.465 e. The Kier molecular flexibility index (Phi) is 6.06. The highest BCUT2D eigenvalue weighted by molar-refractivity contribution is 9.10. The van der Waals surface area contributed by atoms with Gasteiger partial charge in [0.15, 0.2) is 14.6 Å². The first-order valence-electron chi connectivity index (χ1n) is 7.71. The first kappa shape index (κ1) is 19.4. The van der Waals surface area contributed by atoms with E-state index < -0.39 is 26.7 Å². The van der Waals surface area contributed by atoms with E-state index in [2.05, 4.69) is 21.4 Å². The third-order valence-electron chi connectivity index (χ3n) is 4.29. The van der Waals surface area contributed by atoms with Crippen LogP contribution in [0.5, 0.6) is 0 Å². The number of halogens is 1. The van der Waals surface area contributed by atoms with Crippen LogP contribution in [-0.4, -0.2) is 38.1 Å². The second kappa shape index (κ2) is 7.51. The van der Waals surface area contributed by atoms with Crippen molar-refractivity contribution in [1.82, 2.24) is 5.48 Å². The summed E-state index contributed by atoms with van der Waals surface area (Å²) in [5.74, 6) is -0.733. The summed E-state index contributed by atoms with van der Waals surface area (Å²) >= 11 is 3.39. The lowest BCUT2D eigenvalue weighted by atomic mass is 9.96. The van der Waals surface area contributed by atoms with Gasteiger partial charge in [-0.2, -0.15) is 5.48 Å². The van der Waals surface area contributed by atoms with Crippen molar-refractivity contribution in [1.29, 1.82) is 0 Å². The van der Waals surface area contributed by atoms with Crippen LogP contribution in [0.3, 0.4) is 0 Å². The number of ether oxygens (including phenoxy) is 1. The summed E-state index contributed by atoms with van der Waals surface area (Å²) in [4.78, 5) is 17.7. The maximum atomic E-state index is 12.2. The minimum absolute atomic E-state index is 0.0463. The molecule has 0 radical (unpaired) electrons. The molecule has 6 nitrogen and oxygen atoms in total. The molecule has 0 amide bonds. The van der Waals surface area contributed by atoms with Gasteiger partial charge in [0, 0.05) is 17.1 Å². The van der Waals surface area contributed by atoms with Crippen LogP contribution in [0.15, 0.2) is 28.7 Å². The SMILES string of the molecule is CCOC(=O)C(C)(CC1CC(c2ccc(Br)cc2)NO1)S(C)(=O)=O. The highest BCUT2D eigenvalue weighted by Gasteiger charge is 2.48. The van der Waals surface area contributed by atoms with Crippen molar-refractivity contribution in [3.63, 3.8) is 0 Å². The van der Waals surface area contributed by atoms with Crippen LogP contribution in [-0.2, 0) is 24.2 Å². The average molecular weight is 420 g/mol. The molecule has 0 aromatic heterocycles. The van der Waals surface area contributed by atoms with Gasteiger partial charge in [-0.15, -0.1) is 0 Å². The number of rotatable bonds is 6. The van der Waals surface area contributed by atoms with Gasteiger partial charge in [0.2, 0.25) is 0 Å². The molecule has 2 rings (SSSR count). The van der Waals surface area contributed by atoms with Gasteiger partial charge in [0.25, 0.3) is 0 Å². The molecule has 1 saturated heterocycles. The monoisotopic (exact) mass is 419 g/mol. The largest absolute Gasteiger partial charge is 0.465 e. The molecule has 1 heterocycles. The first-order chi connectivity index (χ1) is 11.2. The normalized spacial score (nSPS) is 23.7. The number of carbonyl (C=O) groups excluding carboxylic acids is 1. The topological polar surface area (TPSA) is 81.7 Å². The van der Waals surface area contributed by atoms with Crippen LogP contribution in [0.4, 0.5) is 0 Å². The van der Waals surface area contributed by atoms with Gasteiger partial charge in [-0.05, 0) is 38.0 Å². The predicted molar refractivity (Wildman–Crippen MR) is 94.0 cm³/mol. The van der Waals surface area contributed by atoms with E-state index in [0.29, 0.717) is 6.42 Å². The zero-order chi connectivity index (χ0) is 18.0. The number of carbonyl (C=O) groups is 1. The molecule has 0 bridgehead atoms. The van der Waals surface area contributed by atoms with Crippen LogP contribution in [0.2, 0.25) is 0 Å². The summed E-state index contributed by atoms with van der Waals surface area (Å²) in [6.45, 7) is 3.18. The fourth-order valence-electron chi connectivity index (χ4n) is 2.67. The van der Waals surface area contributed by atoms with Gasteiger partial charge in [0.1, 0.15) is 0 Å². The van der Waals surface area contributed by atoms with Crippen LogP contribution < -0.4 is 5.48 Å². The quantitative estimate of drug-likeness (QED) is 0.713. The van der Waals surface area contributed by atoms with Crippen molar-refractivity contribution in [2.75, 3.05) is 12.9 Å². The summed E-state index contributed by atoms with van der Waals surface area (Å²) in [5, 5.41) is 0. The molecule has 1 N–H and O–H groups in total. The number of hydrogen-bond acceptors (Lipinski definition) is 6. The van der Waals surface area contributed by atoms with Gasteiger partial charge in [-0.25, -0.2) is 8.42 Å². The molecule has 0 aliphatic carbocycles. The van der Waals surface area contributed by atoms with E-state index in [1.165, 1.54) is 6.92 Å². The fraction of sp³-hybridized carbons (Fsp3) is 0.562. The lowest BCUT2D eigenvalue weighted by Gasteiger charge is -2.27. The number of benzene rings is 1. The minimum atomic E-state index is -3.65. The van der Waals surface area contributed by atoms with Crippen molar-refractivity contribution < 1.29 is 22.8 Å². The van der Waals surface area contributed by atoms with E-state index in [4.69, 9.17) is 9.57 Å². The Bertz CT molecular complexity index is 691. The predicted octanol–water partition coefficient (Wildman–Crippen LogP) is 2.54. The molecule has 24 heavy (non-hydrogen) atoms. The van der Waals surface area contributed by atoms with Gasteiger partial charge in [0.05, 0.1) is 18.8 Å². The Morgan fingerprint density at radius 3 is 2.58 bits per heavy atom. The number of hydroxylamine groups is 1. The number of sulfone groups is 1. The summed E-state index contributed by atoms with van der Waals surface area (Å²) in [6, 6.07) is 7.75. The van der Waals surface area contributed by atoms with E-state index in [1.807, 2.05) is 24.3 Å². The third kappa shape index (κ3) is 4.17. The molecule has 1 aromatic rings. The molecule has 8 heteroatoms. The molecule has 1 aliphatic rings. The molecule has 1 fully saturated rings. The van der Waals surface area contributed by atoms with Gasteiger partial charge < -0.3 is 4.74 Å². The van der Waals surface area contributed by atoms with Crippen LogP contribution in [0.25, 0.3) is 0 Å². The second-order valence-electron chi connectivity index (χ2n) is 6.13. The molecule has 3 atom stereocenters. The molecule has 134 valence electrons. The maximum absolute atomic E-state index is 12.2. The molecule has 3 unspecified atom stereocenters. The summed E-state index contributed by atoms with van der Waals surface area (Å²) in [5.41, 5.74) is 3.96. The molecule has 1 aromatic carbocycles. The van der Waals surface area contributed by atoms with E-state index >= 15 is 0 Å². The molecular weight excluding hydrogens is 398 g/mol. The Labute approximate surface area is 150 Å². The standard InChI is InChI=1S/C16H22BrNO5S/c1-4-22-15(19)16(2,24(3,20)21)10-13-9-14(18-23-13)11-5-7-12(17)8-6-11/h5-8,13-14,18H,4,9-10H2,1-3H3. The lowest BCUT2D eigenvalue weighted by Crippen LogP contribution is -2.47. The smallest absolute Gasteiger partial charge is 0.327 e. The van der Waals surface area contributed by atoms with Gasteiger partial charge >= 0.3 is 5.97 Å². The number of hydrogen-bond donors (Lipinski definition) is 1. The van der Waals surface area contributed by atoms with Crippen molar-refractivity contribution in [3.8, 4) is 0 Å². The summed E-state index contributed by atoms with van der Waals surface area (Å²) in [6.07, 6.45) is 1.28. The van der Waals surface area contributed by atoms with Crippen molar-refractivity contribution in [2.24, 2.45) is 0 Å². The van der Waals surface area contributed by atoms with Crippen LogP contribution in [0.1, 0.15) is 38.3 Å². The highest BCUT2D eigenvalue weighted by atomic mass is 79.9. The van der Waals surface area contributed by atoms with Gasteiger partial charge in [-0.3, -0.25) is 9.63 Å². The van der Waals surface area contributed by atoms with Crippen molar-refractivity contribution >= 4 is 31.7 Å². The van der Waals surface area contributed by atoms with E-state index in [1.54, 1.807) is 6.92 Å². The Morgan fingerprint density at radius 1 is 1.42 bits per heavy atom. The zero-order valence-corrected chi connectivity index (χ0v) is 16.3. The Balaban J connectivity index is 2.11. The van der Waals surface area contributed by atoms with E-state index in [-0.39, 0.29) is 19.1 Å². The highest BCUT2D eigenvalue weighted by Crippen LogP contribution is 2.33. The van der Waals surface area contributed by atoms with Crippen LogP contribution >= 0.6 is 15.9 Å². The van der Waals surface area contributed by atoms with E-state index in [0.717, 1.165) is 16.3 Å². The average Bonchev–Trinajstić information content (AvgIpc) is 2.95. The van der Waals surface area contributed by atoms with Crippen LogP contribution in [0, 0.1) is 0 Å². The number of nitrogens with one attached hydrogen (secondary N) is 1. The Hall–Kier alpha value is -0.960. The molecule has 0 spiro atoms. The van der Waals surface area contributed by atoms with Gasteiger partial charge in [-0.1, -0.05) is 28.1 Å². The molecule has 1 aliphatic heterocycles. The Morgan fingerprint density at radius 2 is 2.04 bits per heavy atom. The van der Waals surface area contributed by atoms with Crippen molar-refractivity contribution in [3.05, 3.63) is 34.3 Å². The third-order valence-corrected chi connectivity index (χ3v) is 6.79. The van der Waals surface area contributed by atoms with Crippen molar-refractivity contribution in [2.45, 2.75) is 43.6 Å². The zero-order valence-electron chi connectivity index (χ0n) is 13.9. The fourth-order valence-corrected chi connectivity index (χ4v) is 3.78. The molecule has 0 saturated carbocycles. The summed E-state index contributed by atoms with van der Waals surface area (Å²) < 4.78 is 28.7. The maximum Gasteiger partial charge on any atom is 0.327 e. The first-order valence-corrected chi connectivity index (χ1v) is 10.4. The van der Waals surface area contributed by atoms with E-state index in [9.17, 15) is 13.2 Å². The number of esters is 1. The second-order valence-corrected chi connectivity index (χ2v) is 9.49. The molecular formula is C16H22BrNO5S. The lowest BCUT2D eigenvalue weighted by molar-refractivity contribution is -0.147. The summed E-state index contributed by atoms with van der Waals surface area (Å²) in [7, 11) is -3.65.